The fraction of sp³-hybridized carbons (Fsp3) is 0.818. The zero-order valence-corrected chi connectivity index (χ0v) is 14.4. The molecule has 0 atom stereocenters. The predicted molar refractivity (Wildman–Crippen MR) is 78.7 cm³/mol. The second-order valence-electron chi connectivity index (χ2n) is 3.92. The van der Waals surface area contributed by atoms with Crippen LogP contribution in [0.15, 0.2) is 0 Å². The molecule has 4 nitrogen and oxygen atoms in total. The number of carbonyl (C=O) groups excluding carboxylic acids is 2. The van der Waals surface area contributed by atoms with Gasteiger partial charge in [-0.3, -0.25) is 9.59 Å². The lowest BCUT2D eigenvalue weighted by Crippen LogP contribution is -2.28. The summed E-state index contributed by atoms with van der Waals surface area (Å²) in [5, 5.41) is 0. The van der Waals surface area contributed by atoms with Crippen molar-refractivity contribution in [2.24, 2.45) is 5.92 Å². The Morgan fingerprint density at radius 1 is 1.00 bits per heavy atom. The molecule has 0 radical (unpaired) electrons. The van der Waals surface area contributed by atoms with Gasteiger partial charge in [0.25, 0.3) is 0 Å². The zero-order valence-electron chi connectivity index (χ0n) is 11.1. The van der Waals surface area contributed by atoms with Gasteiger partial charge in [0, 0.05) is 0 Å². The number of hydrogen-bond acceptors (Lipinski definition) is 4. The summed E-state index contributed by atoms with van der Waals surface area (Å²) in [6, 6.07) is -2.12. The molecule has 19 heavy (non-hydrogen) atoms. The highest BCUT2D eigenvalue weighted by Crippen LogP contribution is 2.28. The fourth-order valence-corrected chi connectivity index (χ4v) is 3.35. The molecule has 0 amide bonds. The molecule has 0 aliphatic rings. The smallest absolute Gasteiger partial charge is 0.341 e. The molecule has 0 aromatic rings. The molecule has 0 aliphatic carbocycles. The van der Waals surface area contributed by atoms with Crippen LogP contribution in [-0.4, -0.2) is 31.2 Å². The van der Waals surface area contributed by atoms with Crippen LogP contribution in [0.1, 0.15) is 33.1 Å². The first kappa shape index (κ1) is 19.0. The first-order valence-corrected chi connectivity index (χ1v) is 11.5. The molecule has 0 unspecified atom stereocenters. The van der Waals surface area contributed by atoms with Crippen molar-refractivity contribution in [1.82, 2.24) is 0 Å². The van der Waals surface area contributed by atoms with Crippen molar-refractivity contribution in [2.45, 2.75) is 39.2 Å². The number of carbonyl (C=O) groups is 2. The maximum absolute atomic E-state index is 11.7. The second kappa shape index (κ2) is 9.86. The Morgan fingerprint density at radius 2 is 1.47 bits per heavy atom. The molecule has 0 aliphatic heterocycles. The Bertz CT molecular complexity index is 276. The van der Waals surface area contributed by atoms with Crippen molar-refractivity contribution >= 4 is 51.2 Å². The van der Waals surface area contributed by atoms with Gasteiger partial charge in [0.1, 0.15) is 0 Å². The van der Waals surface area contributed by atoms with E-state index in [4.69, 9.17) is 42.7 Å². The second-order valence-corrected chi connectivity index (χ2v) is 13.2. The van der Waals surface area contributed by atoms with Crippen molar-refractivity contribution in [3.63, 3.8) is 0 Å². The van der Waals surface area contributed by atoms with Crippen LogP contribution in [0.3, 0.4) is 0 Å². The minimum Gasteiger partial charge on any atom is -0.465 e. The molecule has 0 bridgehead atoms. The van der Waals surface area contributed by atoms with Crippen LogP contribution >= 0.6 is 33.2 Å². The van der Waals surface area contributed by atoms with Gasteiger partial charge in [-0.05, 0) is 26.3 Å². The van der Waals surface area contributed by atoms with E-state index in [1.165, 1.54) is 0 Å². The van der Waals surface area contributed by atoms with E-state index in [1.807, 2.05) is 0 Å². The number of hydrogen-bond donors (Lipinski definition) is 0. The molecule has 112 valence electrons. The summed E-state index contributed by atoms with van der Waals surface area (Å²) in [6.07, 6.45) is 1.63. The monoisotopic (exact) mass is 348 g/mol. The molecule has 0 spiro atoms. The molecule has 8 heteroatoms. The normalized spacial score (nSPS) is 11.5. The first-order valence-electron chi connectivity index (χ1n) is 6.21. The van der Waals surface area contributed by atoms with E-state index in [1.54, 1.807) is 13.8 Å². The molecular formula is C11H19Cl3O4Si. The number of rotatable bonds is 9. The molecule has 0 N–H and O–H groups in total. The molecular weight excluding hydrogens is 331 g/mol. The number of esters is 2. The van der Waals surface area contributed by atoms with E-state index in [0.717, 1.165) is 0 Å². The minimum absolute atomic E-state index is 0.232. The third-order valence-electron chi connectivity index (χ3n) is 2.35. The molecule has 0 rings (SSSR count). The summed E-state index contributed by atoms with van der Waals surface area (Å²) < 4.78 is 9.72. The molecule has 0 saturated carbocycles. The summed E-state index contributed by atoms with van der Waals surface area (Å²) in [6.45, 7) is 3.84. The highest BCUT2D eigenvalue weighted by Gasteiger charge is 2.30. The van der Waals surface area contributed by atoms with Crippen LogP contribution in [0.5, 0.6) is 0 Å². The van der Waals surface area contributed by atoms with Gasteiger partial charge in [-0.25, -0.2) is 0 Å². The highest BCUT2D eigenvalue weighted by atomic mass is 35.8. The Kier molecular flexibility index (Phi) is 9.87. The maximum atomic E-state index is 11.7. The third kappa shape index (κ3) is 9.54. The Hall–Kier alpha value is 0.0269. The lowest BCUT2D eigenvalue weighted by Gasteiger charge is -2.14. The lowest BCUT2D eigenvalue weighted by molar-refractivity contribution is -0.161. The van der Waals surface area contributed by atoms with E-state index in [9.17, 15) is 9.59 Å². The topological polar surface area (TPSA) is 52.6 Å². The summed E-state index contributed by atoms with van der Waals surface area (Å²) in [4.78, 5) is 23.3. The van der Waals surface area contributed by atoms with E-state index in [2.05, 4.69) is 0 Å². The van der Waals surface area contributed by atoms with Gasteiger partial charge in [-0.1, -0.05) is 12.8 Å². The van der Waals surface area contributed by atoms with Gasteiger partial charge in [0.05, 0.1) is 13.2 Å². The average Bonchev–Trinajstić information content (AvgIpc) is 2.27. The quantitative estimate of drug-likeness (QED) is 0.210. The number of halogens is 3. The molecule has 0 heterocycles. The number of ether oxygens (including phenoxy) is 2. The van der Waals surface area contributed by atoms with Crippen molar-refractivity contribution in [1.29, 1.82) is 0 Å². The van der Waals surface area contributed by atoms with Crippen LogP contribution < -0.4 is 0 Å². The molecule has 0 fully saturated rings. The Balaban J connectivity index is 4.27. The molecule has 0 aromatic carbocycles. The van der Waals surface area contributed by atoms with Crippen molar-refractivity contribution in [3.8, 4) is 0 Å². The summed E-state index contributed by atoms with van der Waals surface area (Å²) in [5.74, 6) is -1.98. The van der Waals surface area contributed by atoms with Crippen molar-refractivity contribution in [2.75, 3.05) is 13.2 Å². The van der Waals surface area contributed by atoms with Crippen molar-refractivity contribution < 1.29 is 19.1 Å². The Morgan fingerprint density at radius 3 is 1.84 bits per heavy atom. The van der Waals surface area contributed by atoms with Gasteiger partial charge in [0.2, 0.25) is 0 Å². The predicted octanol–water partition coefficient (Wildman–Crippen LogP) is 3.55. The van der Waals surface area contributed by atoms with E-state index in [0.29, 0.717) is 25.3 Å². The average molecular weight is 350 g/mol. The van der Waals surface area contributed by atoms with E-state index in [-0.39, 0.29) is 13.2 Å². The van der Waals surface area contributed by atoms with Gasteiger partial charge in [0.15, 0.2) is 5.92 Å². The first-order chi connectivity index (χ1) is 8.81. The summed E-state index contributed by atoms with van der Waals surface area (Å²) >= 11 is 17.3. The van der Waals surface area contributed by atoms with Crippen LogP contribution in [0.2, 0.25) is 6.04 Å². The highest BCUT2D eigenvalue weighted by molar-refractivity contribution is 7.64. The standard InChI is InChI=1S/C11H19Cl3O4Si/c1-3-17-10(15)9(11(16)18-4-2)7-5-6-8-19(12,13)14/h9H,3-8H2,1-2H3. The van der Waals surface area contributed by atoms with Gasteiger partial charge < -0.3 is 9.47 Å². The van der Waals surface area contributed by atoms with E-state index < -0.39 is 23.9 Å². The number of unbranched alkanes of at least 4 members (excludes halogenated alkanes) is 1. The van der Waals surface area contributed by atoms with Gasteiger partial charge >= 0.3 is 17.9 Å². The van der Waals surface area contributed by atoms with Crippen LogP contribution in [0.25, 0.3) is 0 Å². The SMILES string of the molecule is CCOC(=O)C(CCCC[Si](Cl)(Cl)Cl)C(=O)OCC. The van der Waals surface area contributed by atoms with Crippen LogP contribution in [0, 0.1) is 5.92 Å². The minimum atomic E-state index is -2.63. The van der Waals surface area contributed by atoms with Gasteiger partial charge in [-0.2, -0.15) is 0 Å². The third-order valence-corrected chi connectivity index (χ3v) is 4.97. The van der Waals surface area contributed by atoms with Crippen LogP contribution in [0.4, 0.5) is 0 Å². The largest absolute Gasteiger partial charge is 0.465 e. The molecule has 0 saturated heterocycles. The zero-order chi connectivity index (χ0) is 14.9. The maximum Gasteiger partial charge on any atom is 0.341 e. The molecule has 0 aromatic heterocycles. The van der Waals surface area contributed by atoms with E-state index >= 15 is 0 Å². The summed E-state index contributed by atoms with van der Waals surface area (Å²) in [5.41, 5.74) is 0. The van der Waals surface area contributed by atoms with Gasteiger partial charge in [-0.15, -0.1) is 33.2 Å². The van der Waals surface area contributed by atoms with Crippen molar-refractivity contribution in [3.05, 3.63) is 0 Å². The van der Waals surface area contributed by atoms with Crippen LogP contribution in [-0.2, 0) is 19.1 Å². The Labute approximate surface area is 128 Å². The lowest BCUT2D eigenvalue weighted by atomic mass is 10.0. The summed E-state index contributed by atoms with van der Waals surface area (Å²) in [7, 11) is 0. The fourth-order valence-electron chi connectivity index (χ4n) is 1.49.